The fourth-order valence-corrected chi connectivity index (χ4v) is 6.71. The van der Waals surface area contributed by atoms with Crippen LogP contribution in [0.1, 0.15) is 63.3 Å². The number of rotatable bonds is 6. The van der Waals surface area contributed by atoms with Crippen LogP contribution in [0.25, 0.3) is 0 Å². The molecular formula is C41H78N10O10. The van der Waals surface area contributed by atoms with Gasteiger partial charge in [0, 0.05) is 118 Å². The third kappa shape index (κ3) is 19.5. The zero-order valence-electron chi connectivity index (χ0n) is 36.9. The summed E-state index contributed by atoms with van der Waals surface area (Å²) in [4.78, 5) is 98.1. The van der Waals surface area contributed by atoms with Crippen molar-refractivity contribution in [3.8, 4) is 0 Å². The summed E-state index contributed by atoms with van der Waals surface area (Å²) in [7, 11) is 3.53. The maximum atomic E-state index is 12.5. The minimum absolute atomic E-state index is 0. The zero-order valence-corrected chi connectivity index (χ0v) is 36.9. The van der Waals surface area contributed by atoms with Crippen molar-refractivity contribution >= 4 is 41.8 Å². The van der Waals surface area contributed by atoms with E-state index in [-0.39, 0.29) is 82.9 Å². The molecule has 0 aromatic carbocycles. The Morgan fingerprint density at radius 2 is 1.00 bits per heavy atom. The molecule has 0 aromatic heterocycles. The van der Waals surface area contributed by atoms with Crippen molar-refractivity contribution in [1.82, 2.24) is 49.4 Å². The van der Waals surface area contributed by atoms with Gasteiger partial charge in [-0.15, -0.1) is 0 Å². The molecule has 20 nitrogen and oxygen atoms in total. The minimum Gasteiger partial charge on any atom is -0.480 e. The standard InChI is InChI=1S/C17H30N4O4.C11H20N4O2.C11H20N2O4.2CH4/c1-13-10-21(16(24)25-17(2,3)4)9-8-19(13)12-15(23)20-7-6-18(5)14(22)11-20;1-13-6-7-15(9-10(13)16)11(17)8-14-4-2-12-3-5-14;1-11(2,3)17-10(16)13-6-4-12(5-7-13)8-9(14)15;;/h13H,6-12H2,1-5H3;12H,2-9H2,1H3;4-8H2,1-3H3,(H,14,15);2*1H4. The fraction of sp³-hybridized carbons (Fsp3) is 0.829. The monoisotopic (exact) mass is 871 g/mol. The molecule has 20 heteroatoms. The first kappa shape index (κ1) is 54.7. The van der Waals surface area contributed by atoms with Gasteiger partial charge in [-0.05, 0) is 48.5 Å². The quantitative estimate of drug-likeness (QED) is 0.370. The van der Waals surface area contributed by atoms with E-state index >= 15 is 0 Å². The predicted octanol–water partition coefficient (Wildman–Crippen LogP) is 0.316. The molecule has 0 bridgehead atoms. The number of piperazine rings is 5. The molecule has 5 saturated heterocycles. The largest absolute Gasteiger partial charge is 0.480 e. The molecule has 61 heavy (non-hydrogen) atoms. The predicted molar refractivity (Wildman–Crippen MR) is 232 cm³/mol. The number of nitrogens with one attached hydrogen (secondary N) is 1. The second kappa shape index (κ2) is 25.0. The Bertz CT molecular complexity index is 1460. The van der Waals surface area contributed by atoms with Gasteiger partial charge in [-0.3, -0.25) is 38.7 Å². The van der Waals surface area contributed by atoms with E-state index in [4.69, 9.17) is 14.6 Å². The van der Waals surface area contributed by atoms with E-state index in [1.54, 1.807) is 43.5 Å². The summed E-state index contributed by atoms with van der Waals surface area (Å²) in [6.07, 6.45) is -0.637. The second-order valence-electron chi connectivity index (χ2n) is 17.7. The van der Waals surface area contributed by atoms with Crippen LogP contribution in [0, 0.1) is 0 Å². The van der Waals surface area contributed by atoms with Crippen LogP contribution in [0.4, 0.5) is 9.59 Å². The number of hydrogen-bond acceptors (Lipinski definition) is 13. The minimum atomic E-state index is -0.837. The van der Waals surface area contributed by atoms with Crippen molar-refractivity contribution in [2.45, 2.75) is 80.6 Å². The molecule has 0 spiro atoms. The van der Waals surface area contributed by atoms with Gasteiger partial charge in [0.05, 0.1) is 32.7 Å². The Balaban J connectivity index is 0.000000463. The van der Waals surface area contributed by atoms with Gasteiger partial charge in [-0.1, -0.05) is 14.9 Å². The highest BCUT2D eigenvalue weighted by Crippen LogP contribution is 2.16. The normalized spacial score (nSPS) is 20.8. The summed E-state index contributed by atoms with van der Waals surface area (Å²) in [6, 6.07) is 0.0633. The summed E-state index contributed by atoms with van der Waals surface area (Å²) in [6.45, 7) is 24.2. The fourth-order valence-electron chi connectivity index (χ4n) is 6.71. The van der Waals surface area contributed by atoms with Crippen LogP contribution in [0.3, 0.4) is 0 Å². The topological polar surface area (TPSA) is 199 Å². The lowest BCUT2D eigenvalue weighted by Gasteiger charge is -2.41. The van der Waals surface area contributed by atoms with Crippen molar-refractivity contribution in [2.75, 3.05) is 145 Å². The first-order valence-corrected chi connectivity index (χ1v) is 20.6. The molecule has 6 amide bonds. The number of carboxylic acids is 1. The number of likely N-dealkylation sites (N-methyl/N-ethyl adjacent to an activating group) is 2. The summed E-state index contributed by atoms with van der Waals surface area (Å²) < 4.78 is 10.7. The number of ether oxygens (including phenoxy) is 2. The Kier molecular flexibility index (Phi) is 22.4. The number of nitrogens with zero attached hydrogens (tertiary/aromatic N) is 9. The lowest BCUT2D eigenvalue weighted by atomic mass is 10.2. The highest BCUT2D eigenvalue weighted by atomic mass is 16.6. The summed E-state index contributed by atoms with van der Waals surface area (Å²) >= 11 is 0. The molecule has 5 aliphatic heterocycles. The number of amides is 6. The van der Waals surface area contributed by atoms with Crippen LogP contribution in [-0.2, 0) is 33.4 Å². The Hall–Kier alpha value is -4.27. The van der Waals surface area contributed by atoms with Gasteiger partial charge in [0.1, 0.15) is 11.2 Å². The maximum Gasteiger partial charge on any atom is 0.410 e. The number of hydrogen-bond donors (Lipinski definition) is 2. The molecule has 0 aliphatic carbocycles. The van der Waals surface area contributed by atoms with Crippen molar-refractivity contribution in [1.29, 1.82) is 0 Å². The first-order valence-electron chi connectivity index (χ1n) is 20.6. The SMILES string of the molecule is C.C.CC(C)(C)OC(=O)N1CCN(CC(=O)O)CC1.CC1CN(C(=O)OC(C)(C)C)CCN1CC(=O)N1CCN(C)C(=O)C1.CN1CCN(C(=O)CN2CCNCC2)CC1=O. The summed E-state index contributed by atoms with van der Waals surface area (Å²) in [5, 5.41) is 11.9. The average molecular weight is 871 g/mol. The van der Waals surface area contributed by atoms with Crippen LogP contribution in [-0.4, -0.2) is 253 Å². The van der Waals surface area contributed by atoms with E-state index in [2.05, 4.69) is 15.1 Å². The number of carbonyl (C=O) groups is 7. The van der Waals surface area contributed by atoms with Gasteiger partial charge in [0.15, 0.2) is 0 Å². The van der Waals surface area contributed by atoms with Gasteiger partial charge in [-0.25, -0.2) is 9.59 Å². The van der Waals surface area contributed by atoms with E-state index in [9.17, 15) is 33.6 Å². The lowest BCUT2D eigenvalue weighted by molar-refractivity contribution is -0.145. The Labute approximate surface area is 364 Å². The van der Waals surface area contributed by atoms with Crippen molar-refractivity contribution in [2.24, 2.45) is 0 Å². The summed E-state index contributed by atoms with van der Waals surface area (Å²) in [5.74, 6) is -0.782. The number of carbonyl (C=O) groups excluding carboxylic acids is 6. The van der Waals surface area contributed by atoms with Crippen molar-refractivity contribution in [3.05, 3.63) is 0 Å². The molecule has 5 rings (SSSR count). The Morgan fingerprint density at radius 3 is 1.43 bits per heavy atom. The van der Waals surface area contributed by atoms with E-state index in [1.165, 1.54) is 0 Å². The molecule has 5 heterocycles. The molecule has 352 valence electrons. The van der Waals surface area contributed by atoms with Crippen molar-refractivity contribution in [3.63, 3.8) is 0 Å². The molecule has 5 aliphatic rings. The van der Waals surface area contributed by atoms with Gasteiger partial charge >= 0.3 is 18.2 Å². The van der Waals surface area contributed by atoms with E-state index in [1.807, 2.05) is 53.4 Å². The zero-order chi connectivity index (χ0) is 44.1. The number of carboxylic acid groups (broad SMARTS) is 1. The van der Waals surface area contributed by atoms with Gasteiger partial charge in [0.2, 0.25) is 23.6 Å². The molecule has 5 fully saturated rings. The van der Waals surface area contributed by atoms with Crippen LogP contribution in [0.5, 0.6) is 0 Å². The van der Waals surface area contributed by atoms with Crippen LogP contribution in [0.2, 0.25) is 0 Å². The lowest BCUT2D eigenvalue weighted by Crippen LogP contribution is -2.58. The molecule has 0 aromatic rings. The third-order valence-electron chi connectivity index (χ3n) is 10.3. The van der Waals surface area contributed by atoms with Gasteiger partial charge in [-0.2, -0.15) is 0 Å². The van der Waals surface area contributed by atoms with Gasteiger partial charge < -0.3 is 49.3 Å². The number of aliphatic carboxylic acids is 1. The molecule has 2 N–H and O–H groups in total. The third-order valence-corrected chi connectivity index (χ3v) is 10.3. The van der Waals surface area contributed by atoms with Crippen LogP contribution < -0.4 is 5.32 Å². The molecule has 1 unspecified atom stereocenters. The van der Waals surface area contributed by atoms with E-state index in [0.717, 1.165) is 26.2 Å². The van der Waals surface area contributed by atoms with Gasteiger partial charge in [0.25, 0.3) is 0 Å². The Morgan fingerprint density at radius 1 is 0.590 bits per heavy atom. The van der Waals surface area contributed by atoms with E-state index in [0.29, 0.717) is 78.5 Å². The first-order chi connectivity index (χ1) is 27.5. The van der Waals surface area contributed by atoms with Crippen molar-refractivity contribution < 1.29 is 48.1 Å². The van der Waals surface area contributed by atoms with Crippen LogP contribution >= 0.6 is 0 Å². The molecular weight excluding hydrogens is 793 g/mol. The maximum absolute atomic E-state index is 12.5. The molecule has 0 saturated carbocycles. The average Bonchev–Trinajstić information content (AvgIpc) is 3.14. The molecule has 0 radical (unpaired) electrons. The second-order valence-corrected chi connectivity index (χ2v) is 17.7. The van der Waals surface area contributed by atoms with Crippen LogP contribution in [0.15, 0.2) is 0 Å². The highest BCUT2D eigenvalue weighted by molar-refractivity contribution is 5.87. The van der Waals surface area contributed by atoms with E-state index < -0.39 is 17.2 Å². The summed E-state index contributed by atoms with van der Waals surface area (Å²) in [5.41, 5.74) is -1.00. The smallest absolute Gasteiger partial charge is 0.410 e. The highest BCUT2D eigenvalue weighted by Gasteiger charge is 2.33. The molecule has 1 atom stereocenters.